The second kappa shape index (κ2) is 6.89. The number of carbonyl (C=O) groups excluding carboxylic acids is 2. The minimum absolute atomic E-state index is 0.0185. The summed E-state index contributed by atoms with van der Waals surface area (Å²) in [6, 6.07) is 8.35. The Morgan fingerprint density at radius 2 is 1.82 bits per heavy atom. The van der Waals surface area contributed by atoms with E-state index in [0.717, 1.165) is 0 Å². The van der Waals surface area contributed by atoms with Gasteiger partial charge in [-0.2, -0.15) is 0 Å². The summed E-state index contributed by atoms with van der Waals surface area (Å²) >= 11 is 0. The van der Waals surface area contributed by atoms with Crippen LogP contribution in [0.1, 0.15) is 40.5 Å². The number of anilines is 1. The van der Waals surface area contributed by atoms with Gasteiger partial charge in [0.25, 0.3) is 11.8 Å². The standard InChI is InChI=1S/C16H19N3O3/c1-4-19(5-2)16(21)12-6-8-13(9-7-12)17-15(20)14-10-11(3)22-18-14/h6-10H,4-5H2,1-3H3,(H,17,20). The third kappa shape index (κ3) is 3.52. The Bertz CT molecular complexity index is 658. The zero-order valence-corrected chi connectivity index (χ0v) is 12.9. The average molecular weight is 301 g/mol. The van der Waals surface area contributed by atoms with Gasteiger partial charge < -0.3 is 14.7 Å². The molecule has 2 aromatic rings. The van der Waals surface area contributed by atoms with Crippen LogP contribution in [0.5, 0.6) is 0 Å². The second-order valence-electron chi connectivity index (χ2n) is 4.83. The van der Waals surface area contributed by atoms with Crippen molar-refractivity contribution < 1.29 is 14.1 Å². The van der Waals surface area contributed by atoms with E-state index in [0.29, 0.717) is 30.1 Å². The fraction of sp³-hybridized carbons (Fsp3) is 0.312. The van der Waals surface area contributed by atoms with Gasteiger partial charge in [-0.15, -0.1) is 0 Å². The molecule has 1 aromatic heterocycles. The van der Waals surface area contributed by atoms with E-state index in [1.54, 1.807) is 42.2 Å². The maximum atomic E-state index is 12.2. The van der Waals surface area contributed by atoms with Crippen LogP contribution in [-0.2, 0) is 0 Å². The third-order valence-corrected chi connectivity index (χ3v) is 3.30. The Morgan fingerprint density at radius 1 is 1.18 bits per heavy atom. The summed E-state index contributed by atoms with van der Waals surface area (Å²) in [6.45, 7) is 6.93. The van der Waals surface area contributed by atoms with Gasteiger partial charge in [0, 0.05) is 30.4 Å². The van der Waals surface area contributed by atoms with Gasteiger partial charge in [0.05, 0.1) is 0 Å². The number of benzene rings is 1. The molecule has 0 atom stereocenters. The minimum Gasteiger partial charge on any atom is -0.361 e. The number of rotatable bonds is 5. The van der Waals surface area contributed by atoms with Crippen molar-refractivity contribution in [2.24, 2.45) is 0 Å². The Morgan fingerprint density at radius 3 is 2.32 bits per heavy atom. The van der Waals surface area contributed by atoms with Crippen molar-refractivity contribution in [2.45, 2.75) is 20.8 Å². The van der Waals surface area contributed by atoms with E-state index in [1.807, 2.05) is 13.8 Å². The van der Waals surface area contributed by atoms with Crippen molar-refractivity contribution in [3.63, 3.8) is 0 Å². The molecule has 1 N–H and O–H groups in total. The van der Waals surface area contributed by atoms with Crippen molar-refractivity contribution in [2.75, 3.05) is 18.4 Å². The van der Waals surface area contributed by atoms with Gasteiger partial charge >= 0.3 is 0 Å². The molecule has 0 aliphatic heterocycles. The van der Waals surface area contributed by atoms with Gasteiger partial charge in [-0.25, -0.2) is 0 Å². The lowest BCUT2D eigenvalue weighted by Gasteiger charge is -2.18. The molecule has 0 saturated heterocycles. The van der Waals surface area contributed by atoms with Crippen LogP contribution in [0.3, 0.4) is 0 Å². The summed E-state index contributed by atoms with van der Waals surface area (Å²) in [7, 11) is 0. The summed E-state index contributed by atoms with van der Waals surface area (Å²) in [5, 5.41) is 6.36. The van der Waals surface area contributed by atoms with Gasteiger partial charge in [-0.3, -0.25) is 9.59 Å². The molecule has 0 aliphatic rings. The molecule has 1 aromatic carbocycles. The summed E-state index contributed by atoms with van der Waals surface area (Å²) in [4.78, 5) is 25.9. The molecule has 0 fully saturated rings. The molecular weight excluding hydrogens is 282 g/mol. The fourth-order valence-corrected chi connectivity index (χ4v) is 2.06. The molecule has 0 radical (unpaired) electrons. The summed E-state index contributed by atoms with van der Waals surface area (Å²) in [6.07, 6.45) is 0. The maximum Gasteiger partial charge on any atom is 0.277 e. The summed E-state index contributed by atoms with van der Waals surface area (Å²) in [5.41, 5.74) is 1.42. The van der Waals surface area contributed by atoms with E-state index in [2.05, 4.69) is 10.5 Å². The number of carbonyl (C=O) groups is 2. The highest BCUT2D eigenvalue weighted by molar-refractivity contribution is 6.03. The van der Waals surface area contributed by atoms with Gasteiger partial charge in [0.2, 0.25) is 0 Å². The molecule has 2 amide bonds. The monoisotopic (exact) mass is 301 g/mol. The van der Waals surface area contributed by atoms with E-state index in [4.69, 9.17) is 4.52 Å². The highest BCUT2D eigenvalue weighted by Crippen LogP contribution is 2.13. The summed E-state index contributed by atoms with van der Waals surface area (Å²) < 4.78 is 4.86. The lowest BCUT2D eigenvalue weighted by Crippen LogP contribution is -2.30. The first kappa shape index (κ1) is 15.8. The molecule has 0 unspecified atom stereocenters. The molecule has 6 heteroatoms. The molecule has 22 heavy (non-hydrogen) atoms. The van der Waals surface area contributed by atoms with Crippen molar-refractivity contribution in [1.29, 1.82) is 0 Å². The first-order valence-corrected chi connectivity index (χ1v) is 7.19. The number of aryl methyl sites for hydroxylation is 1. The molecule has 116 valence electrons. The van der Waals surface area contributed by atoms with Crippen molar-refractivity contribution >= 4 is 17.5 Å². The number of amides is 2. The topological polar surface area (TPSA) is 75.4 Å². The third-order valence-electron chi connectivity index (χ3n) is 3.30. The van der Waals surface area contributed by atoms with Crippen LogP contribution >= 0.6 is 0 Å². The Balaban J connectivity index is 2.06. The van der Waals surface area contributed by atoms with Crippen LogP contribution in [0.15, 0.2) is 34.9 Å². The van der Waals surface area contributed by atoms with E-state index in [1.165, 1.54) is 0 Å². The van der Waals surface area contributed by atoms with Gasteiger partial charge in [0.1, 0.15) is 5.76 Å². The zero-order chi connectivity index (χ0) is 16.1. The minimum atomic E-state index is -0.348. The summed E-state index contributed by atoms with van der Waals surface area (Å²) in [5.74, 6) is 0.208. The zero-order valence-electron chi connectivity index (χ0n) is 12.9. The highest BCUT2D eigenvalue weighted by Gasteiger charge is 2.14. The van der Waals surface area contributed by atoms with Crippen molar-refractivity contribution in [3.8, 4) is 0 Å². The van der Waals surface area contributed by atoms with Crippen LogP contribution < -0.4 is 5.32 Å². The lowest BCUT2D eigenvalue weighted by molar-refractivity contribution is 0.0773. The normalized spacial score (nSPS) is 10.3. The first-order valence-electron chi connectivity index (χ1n) is 7.19. The molecule has 0 saturated carbocycles. The first-order chi connectivity index (χ1) is 10.5. The van der Waals surface area contributed by atoms with Crippen molar-refractivity contribution in [1.82, 2.24) is 10.1 Å². The molecule has 0 spiro atoms. The molecule has 0 aliphatic carbocycles. The van der Waals surface area contributed by atoms with Crippen LogP contribution in [0, 0.1) is 6.92 Å². The Kier molecular flexibility index (Phi) is 4.93. The number of nitrogens with one attached hydrogen (secondary N) is 1. The lowest BCUT2D eigenvalue weighted by atomic mass is 10.1. The Hall–Kier alpha value is -2.63. The van der Waals surface area contributed by atoms with Crippen LogP contribution in [0.2, 0.25) is 0 Å². The second-order valence-corrected chi connectivity index (χ2v) is 4.83. The molecular formula is C16H19N3O3. The predicted octanol–water partition coefficient (Wildman–Crippen LogP) is 2.72. The van der Waals surface area contributed by atoms with E-state index >= 15 is 0 Å². The fourth-order valence-electron chi connectivity index (χ4n) is 2.06. The SMILES string of the molecule is CCN(CC)C(=O)c1ccc(NC(=O)c2cc(C)on2)cc1. The van der Waals surface area contributed by atoms with Crippen LogP contribution in [0.4, 0.5) is 5.69 Å². The molecule has 2 rings (SSSR count). The van der Waals surface area contributed by atoms with E-state index < -0.39 is 0 Å². The van der Waals surface area contributed by atoms with Gasteiger partial charge in [-0.05, 0) is 45.0 Å². The highest BCUT2D eigenvalue weighted by atomic mass is 16.5. The molecule has 6 nitrogen and oxygen atoms in total. The van der Waals surface area contributed by atoms with Gasteiger partial charge in [-0.1, -0.05) is 5.16 Å². The molecule has 1 heterocycles. The smallest absolute Gasteiger partial charge is 0.277 e. The maximum absolute atomic E-state index is 12.2. The van der Waals surface area contributed by atoms with Crippen LogP contribution in [0.25, 0.3) is 0 Å². The van der Waals surface area contributed by atoms with E-state index in [-0.39, 0.29) is 17.5 Å². The largest absolute Gasteiger partial charge is 0.361 e. The van der Waals surface area contributed by atoms with Crippen molar-refractivity contribution in [3.05, 3.63) is 47.3 Å². The number of hydrogen-bond acceptors (Lipinski definition) is 4. The average Bonchev–Trinajstić information content (AvgIpc) is 2.96. The number of nitrogens with zero attached hydrogens (tertiary/aromatic N) is 2. The van der Waals surface area contributed by atoms with E-state index in [9.17, 15) is 9.59 Å². The number of aromatic nitrogens is 1. The Labute approximate surface area is 129 Å². The van der Waals surface area contributed by atoms with Gasteiger partial charge in [0.15, 0.2) is 5.69 Å². The number of hydrogen-bond donors (Lipinski definition) is 1. The van der Waals surface area contributed by atoms with Crippen LogP contribution in [-0.4, -0.2) is 35.0 Å². The predicted molar refractivity (Wildman–Crippen MR) is 82.9 cm³/mol. The quantitative estimate of drug-likeness (QED) is 0.921. The molecule has 0 bridgehead atoms.